The van der Waals surface area contributed by atoms with Gasteiger partial charge in [0.05, 0.1) is 31.9 Å². The van der Waals surface area contributed by atoms with Crippen LogP contribution in [-0.2, 0) is 60.3 Å². The van der Waals surface area contributed by atoms with Crippen molar-refractivity contribution in [1.29, 1.82) is 0 Å². The fourth-order valence-corrected chi connectivity index (χ4v) is 8.60. The number of phosphoric ester groups is 3. The molecule has 0 bridgehead atoms. The standard InChI is InChI=1S/C28H44N7O20P3S/c1-14(15(36)4-5-18(38)39)27(43)59-9-8-30-17(37)6-7-31-25(42)22(41)28(2,3)11-52-58(49,50)55-57(47,48)51-10-16-21(54-56(44,45)46)20(40)26(53-16)35-13-34-19-23(29)32-12-33-24(19)35/h12-14,16,20-22,26,40-41H,4-11H2,1-3H3,(H,30,37)(H,31,42)(H,38,39)(H,47,48)(H,49,50)(H2,29,32,33)(H2,44,45,46)/t14?,16-,20-,21-,22+,26-/m1/s1. The summed E-state index contributed by atoms with van der Waals surface area (Å²) < 4.78 is 62.0. The molecule has 1 fully saturated rings. The number of Topliss-reactive ketones (excluding diaryl/α,β-unsaturated/α-hetero) is 1. The third-order valence-corrected chi connectivity index (χ3v) is 12.3. The summed E-state index contributed by atoms with van der Waals surface area (Å²) >= 11 is 0.773. The van der Waals surface area contributed by atoms with E-state index in [0.29, 0.717) is 0 Å². The van der Waals surface area contributed by atoms with Gasteiger partial charge in [-0.1, -0.05) is 25.6 Å². The molecule has 3 rings (SSSR count). The molecule has 0 spiro atoms. The Morgan fingerprint density at radius 2 is 1.66 bits per heavy atom. The van der Waals surface area contributed by atoms with Gasteiger partial charge in [-0.05, 0) is 6.92 Å². The molecule has 0 radical (unpaired) electrons. The molecular weight excluding hydrogens is 879 g/mol. The molecule has 3 heterocycles. The van der Waals surface area contributed by atoms with Crippen molar-refractivity contribution in [1.82, 2.24) is 30.2 Å². The second-order valence-corrected chi connectivity index (χ2v) is 18.7. The van der Waals surface area contributed by atoms with E-state index in [0.717, 1.165) is 29.0 Å². The summed E-state index contributed by atoms with van der Waals surface area (Å²) in [5.41, 5.74) is 4.17. The van der Waals surface area contributed by atoms with Gasteiger partial charge in [0, 0.05) is 37.1 Å². The van der Waals surface area contributed by atoms with Gasteiger partial charge in [0.15, 0.2) is 22.8 Å². The third-order valence-electron chi connectivity index (χ3n) is 8.17. The van der Waals surface area contributed by atoms with Crippen molar-refractivity contribution >= 4 is 80.9 Å². The Hall–Kier alpha value is -3.30. The summed E-state index contributed by atoms with van der Waals surface area (Å²) in [7, 11) is -16.5. The first-order valence-corrected chi connectivity index (χ1v) is 22.5. The van der Waals surface area contributed by atoms with Crippen molar-refractivity contribution in [3.05, 3.63) is 12.7 Å². The number of thioether (sulfide) groups is 1. The highest BCUT2D eigenvalue weighted by molar-refractivity contribution is 8.13. The highest BCUT2D eigenvalue weighted by Gasteiger charge is 2.50. The summed E-state index contributed by atoms with van der Waals surface area (Å²) in [6.07, 6.45) is -7.88. The van der Waals surface area contributed by atoms with Crippen molar-refractivity contribution < 1.29 is 95.2 Å². The molecule has 59 heavy (non-hydrogen) atoms. The Morgan fingerprint density at radius 3 is 2.31 bits per heavy atom. The number of ketones is 1. The number of anilines is 1. The molecular formula is C28H44N7O20P3S. The topological polar surface area (TPSA) is 418 Å². The lowest BCUT2D eigenvalue weighted by atomic mass is 9.87. The van der Waals surface area contributed by atoms with E-state index < -0.39 is 114 Å². The number of imidazole rings is 1. The van der Waals surface area contributed by atoms with Crippen LogP contribution in [0.5, 0.6) is 0 Å². The lowest BCUT2D eigenvalue weighted by molar-refractivity contribution is -0.139. The number of nitrogen functional groups attached to an aromatic ring is 1. The van der Waals surface area contributed by atoms with Crippen LogP contribution in [0.2, 0.25) is 0 Å². The second-order valence-electron chi connectivity index (χ2n) is 13.3. The summed E-state index contributed by atoms with van der Waals surface area (Å²) in [6.45, 7) is 1.42. The van der Waals surface area contributed by atoms with Gasteiger partial charge < -0.3 is 56.0 Å². The smallest absolute Gasteiger partial charge is 0.481 e. The highest BCUT2D eigenvalue weighted by Crippen LogP contribution is 2.61. The summed E-state index contributed by atoms with van der Waals surface area (Å²) in [5.74, 6) is -4.26. The zero-order chi connectivity index (χ0) is 44.5. The minimum Gasteiger partial charge on any atom is -0.481 e. The Labute approximate surface area is 338 Å². The number of hydrogen-bond acceptors (Lipinski definition) is 20. The highest BCUT2D eigenvalue weighted by atomic mass is 32.2. The number of carbonyl (C=O) groups excluding carboxylic acids is 4. The van der Waals surface area contributed by atoms with Gasteiger partial charge in [-0.2, -0.15) is 4.31 Å². The summed E-state index contributed by atoms with van der Waals surface area (Å²) in [4.78, 5) is 110. The van der Waals surface area contributed by atoms with Crippen LogP contribution in [0.4, 0.5) is 5.82 Å². The predicted molar refractivity (Wildman–Crippen MR) is 198 cm³/mol. The maximum absolute atomic E-state index is 12.7. The number of amides is 2. The van der Waals surface area contributed by atoms with Crippen LogP contribution in [0.3, 0.4) is 0 Å². The normalized spacial score (nSPS) is 21.6. The Morgan fingerprint density at radius 1 is 1.00 bits per heavy atom. The molecule has 27 nitrogen and oxygen atoms in total. The molecule has 2 aromatic rings. The van der Waals surface area contributed by atoms with Crippen LogP contribution in [0.15, 0.2) is 12.7 Å². The van der Waals surface area contributed by atoms with Gasteiger partial charge in [-0.15, -0.1) is 0 Å². The molecule has 0 saturated carbocycles. The fraction of sp³-hybridized carbons (Fsp3) is 0.643. The number of carboxylic acid groups (broad SMARTS) is 1. The Bertz CT molecular complexity index is 2000. The first-order chi connectivity index (χ1) is 27.2. The molecule has 1 saturated heterocycles. The van der Waals surface area contributed by atoms with Crippen molar-refractivity contribution in [3.63, 3.8) is 0 Å². The van der Waals surface area contributed by atoms with E-state index in [-0.39, 0.29) is 48.7 Å². The molecule has 8 atom stereocenters. The van der Waals surface area contributed by atoms with Gasteiger partial charge in [0.1, 0.15) is 42.0 Å². The molecule has 2 amide bonds. The number of hydrogen-bond donors (Lipinski definition) is 10. The number of nitrogens with zero attached hydrogens (tertiary/aromatic N) is 4. The number of carbonyl (C=O) groups is 5. The largest absolute Gasteiger partial charge is 0.481 e. The minimum atomic E-state index is -5.60. The maximum Gasteiger partial charge on any atom is 0.481 e. The molecule has 3 unspecified atom stereocenters. The van der Waals surface area contributed by atoms with Gasteiger partial charge in [-0.3, -0.25) is 42.1 Å². The predicted octanol–water partition coefficient (Wildman–Crippen LogP) is -1.27. The monoisotopic (exact) mass is 923 g/mol. The fourth-order valence-electron chi connectivity index (χ4n) is 4.98. The van der Waals surface area contributed by atoms with E-state index in [4.69, 9.17) is 24.6 Å². The number of aliphatic carboxylic acids is 1. The van der Waals surface area contributed by atoms with Crippen LogP contribution < -0.4 is 16.4 Å². The number of ether oxygens (including phenoxy) is 1. The number of aromatic nitrogens is 4. The number of nitrogens with two attached hydrogens (primary N) is 1. The first kappa shape index (κ1) is 50.1. The quantitative estimate of drug-likeness (QED) is 0.0333. The van der Waals surface area contributed by atoms with Crippen LogP contribution in [0.25, 0.3) is 11.2 Å². The van der Waals surface area contributed by atoms with Crippen LogP contribution in [-0.4, -0.2) is 140 Å². The molecule has 2 aromatic heterocycles. The van der Waals surface area contributed by atoms with Crippen molar-refractivity contribution in [3.8, 4) is 0 Å². The van der Waals surface area contributed by atoms with Gasteiger partial charge in [0.25, 0.3) is 0 Å². The van der Waals surface area contributed by atoms with Gasteiger partial charge in [-0.25, -0.2) is 28.6 Å². The van der Waals surface area contributed by atoms with E-state index in [1.165, 1.54) is 20.8 Å². The Kier molecular flexibility index (Phi) is 17.8. The molecule has 1 aliphatic heterocycles. The number of carboxylic acids is 1. The second kappa shape index (κ2) is 21.0. The van der Waals surface area contributed by atoms with E-state index in [1.807, 2.05) is 0 Å². The average Bonchev–Trinajstić information content (AvgIpc) is 3.69. The molecule has 0 aliphatic carbocycles. The minimum absolute atomic E-state index is 0.0139. The Balaban J connectivity index is 1.46. The maximum atomic E-state index is 12.7. The molecule has 0 aromatic carbocycles. The van der Waals surface area contributed by atoms with Crippen molar-refractivity contribution in [2.24, 2.45) is 11.3 Å². The molecule has 11 N–H and O–H groups in total. The molecule has 1 aliphatic rings. The number of phosphoric acid groups is 3. The lowest BCUT2D eigenvalue weighted by Crippen LogP contribution is -2.46. The van der Waals surface area contributed by atoms with Crippen LogP contribution in [0.1, 0.15) is 46.3 Å². The van der Waals surface area contributed by atoms with E-state index in [2.05, 4.69) is 34.4 Å². The summed E-state index contributed by atoms with van der Waals surface area (Å²) in [5, 5.41) is 34.4. The van der Waals surface area contributed by atoms with E-state index in [9.17, 15) is 67.5 Å². The number of nitrogens with one attached hydrogen (secondary N) is 2. The molecule has 31 heteroatoms. The first-order valence-electron chi connectivity index (χ1n) is 17.0. The van der Waals surface area contributed by atoms with E-state index >= 15 is 0 Å². The lowest BCUT2D eigenvalue weighted by Gasteiger charge is -2.30. The van der Waals surface area contributed by atoms with Crippen molar-refractivity contribution in [2.45, 2.75) is 70.7 Å². The zero-order valence-electron chi connectivity index (χ0n) is 31.3. The number of aliphatic hydroxyl groups is 2. The van der Waals surface area contributed by atoms with Gasteiger partial charge >= 0.3 is 29.4 Å². The number of rotatable bonds is 24. The van der Waals surface area contributed by atoms with Crippen molar-refractivity contribution in [2.75, 3.05) is 37.8 Å². The van der Waals surface area contributed by atoms with E-state index in [1.54, 1.807) is 0 Å². The SMILES string of the molecule is CC(C(=O)CCC(=O)O)C(=O)SCCNC(=O)CCNC(=O)[C@H](O)C(C)(C)COP(=O)(O)OP(=O)(O)OC[C@H]1O[C@@H](n2cnc3c(N)ncnc32)[C@H](O)[C@@H]1OP(=O)(O)O. The van der Waals surface area contributed by atoms with Crippen LogP contribution in [0, 0.1) is 11.3 Å². The van der Waals surface area contributed by atoms with Crippen LogP contribution >= 0.6 is 35.2 Å². The zero-order valence-corrected chi connectivity index (χ0v) is 34.8. The number of fused-ring (bicyclic) bond motifs is 1. The van der Waals surface area contributed by atoms with Gasteiger partial charge in [0.2, 0.25) is 11.8 Å². The molecule has 332 valence electrons. The summed E-state index contributed by atoms with van der Waals surface area (Å²) in [6, 6.07) is 0. The third kappa shape index (κ3) is 15.3. The average molecular weight is 924 g/mol. The number of aliphatic hydroxyl groups excluding tert-OH is 2.